The number of unbranched alkanes of at least 4 members (excludes halogenated alkanes) is 1. The monoisotopic (exact) mass is 266 g/mol. The van der Waals surface area contributed by atoms with E-state index in [1.54, 1.807) is 6.20 Å². The Morgan fingerprint density at radius 1 is 1.20 bits per heavy atom. The molecule has 0 bridgehead atoms. The number of pyridine rings is 2. The second kappa shape index (κ2) is 5.41. The number of hydrogen-bond donors (Lipinski definition) is 1. The molecule has 0 radical (unpaired) electrons. The van der Waals surface area contributed by atoms with Gasteiger partial charge in [-0.15, -0.1) is 0 Å². The molecule has 0 aliphatic carbocycles. The Morgan fingerprint density at radius 3 is 2.85 bits per heavy atom. The van der Waals surface area contributed by atoms with Crippen LogP contribution in [0.15, 0.2) is 30.5 Å². The van der Waals surface area contributed by atoms with Crippen LogP contribution in [-0.2, 0) is 6.42 Å². The minimum absolute atomic E-state index is 0.799. The number of rotatable bonds is 4. The minimum atomic E-state index is 0.799. The molecule has 102 valence electrons. The van der Waals surface area contributed by atoms with Gasteiger partial charge in [-0.25, -0.2) is 9.97 Å². The Bertz CT molecular complexity index is 716. The molecule has 4 nitrogen and oxygen atoms in total. The van der Waals surface area contributed by atoms with Crippen LogP contribution in [0.25, 0.3) is 22.4 Å². The summed E-state index contributed by atoms with van der Waals surface area (Å²) in [4.78, 5) is 16.9. The number of H-pyrrole nitrogens is 1. The predicted octanol–water partition coefficient (Wildman–Crippen LogP) is 3.67. The molecule has 0 aromatic carbocycles. The number of aromatic amines is 1. The fraction of sp³-hybridized carbons (Fsp3) is 0.312. The summed E-state index contributed by atoms with van der Waals surface area (Å²) in [7, 11) is 0. The van der Waals surface area contributed by atoms with E-state index >= 15 is 0 Å². The van der Waals surface area contributed by atoms with Crippen molar-refractivity contribution in [2.75, 3.05) is 0 Å². The first-order chi connectivity index (χ1) is 9.78. The van der Waals surface area contributed by atoms with Crippen molar-refractivity contribution < 1.29 is 0 Å². The van der Waals surface area contributed by atoms with Crippen molar-refractivity contribution in [1.29, 1.82) is 0 Å². The second-order valence-electron chi connectivity index (χ2n) is 4.99. The van der Waals surface area contributed by atoms with Gasteiger partial charge in [-0.3, -0.25) is 4.98 Å². The van der Waals surface area contributed by atoms with Crippen LogP contribution < -0.4 is 0 Å². The molecule has 0 aliphatic heterocycles. The molecular formula is C16H18N4. The molecule has 0 aliphatic rings. The van der Waals surface area contributed by atoms with Gasteiger partial charge in [0.25, 0.3) is 0 Å². The molecule has 0 saturated heterocycles. The average Bonchev–Trinajstić information content (AvgIpc) is 2.86. The summed E-state index contributed by atoms with van der Waals surface area (Å²) in [6, 6.07) is 8.02. The van der Waals surface area contributed by atoms with Gasteiger partial charge >= 0.3 is 0 Å². The summed E-state index contributed by atoms with van der Waals surface area (Å²) in [5.74, 6) is 1.02. The molecule has 3 aromatic heterocycles. The summed E-state index contributed by atoms with van der Waals surface area (Å²) in [6.45, 7) is 4.19. The van der Waals surface area contributed by atoms with Crippen molar-refractivity contribution in [3.63, 3.8) is 0 Å². The quantitative estimate of drug-likeness (QED) is 0.783. The maximum absolute atomic E-state index is 4.60. The number of aryl methyl sites for hydroxylation is 2. The normalized spacial score (nSPS) is 11.1. The van der Waals surface area contributed by atoms with Gasteiger partial charge in [-0.05, 0) is 31.5 Å². The highest BCUT2D eigenvalue weighted by atomic mass is 15.0. The lowest BCUT2D eigenvalue weighted by atomic mass is 10.1. The SMILES string of the molecule is CCCCc1nc2nc(C)c(-c3ccccn3)cc2[nH]1. The third-order valence-electron chi connectivity index (χ3n) is 3.42. The van der Waals surface area contributed by atoms with Crippen molar-refractivity contribution in [1.82, 2.24) is 19.9 Å². The number of nitrogens with one attached hydrogen (secondary N) is 1. The third kappa shape index (κ3) is 2.41. The highest BCUT2D eigenvalue weighted by Crippen LogP contribution is 2.23. The van der Waals surface area contributed by atoms with Gasteiger partial charge in [0.05, 0.1) is 11.2 Å². The lowest BCUT2D eigenvalue weighted by Crippen LogP contribution is -1.90. The van der Waals surface area contributed by atoms with E-state index in [4.69, 9.17) is 0 Å². The predicted molar refractivity (Wildman–Crippen MR) is 80.5 cm³/mol. The lowest BCUT2D eigenvalue weighted by Gasteiger charge is -2.03. The van der Waals surface area contributed by atoms with Gasteiger partial charge in [0.2, 0.25) is 0 Å². The molecule has 0 saturated carbocycles. The zero-order chi connectivity index (χ0) is 13.9. The van der Waals surface area contributed by atoms with Gasteiger partial charge < -0.3 is 4.98 Å². The Balaban J connectivity index is 2.04. The third-order valence-corrected chi connectivity index (χ3v) is 3.42. The molecule has 3 heterocycles. The fourth-order valence-electron chi connectivity index (χ4n) is 2.33. The molecule has 0 unspecified atom stereocenters. The molecule has 0 atom stereocenters. The van der Waals surface area contributed by atoms with Crippen LogP contribution in [-0.4, -0.2) is 19.9 Å². The van der Waals surface area contributed by atoms with E-state index in [9.17, 15) is 0 Å². The van der Waals surface area contributed by atoms with Crippen molar-refractivity contribution in [2.24, 2.45) is 0 Å². The fourth-order valence-corrected chi connectivity index (χ4v) is 2.33. The molecule has 3 aromatic rings. The maximum atomic E-state index is 4.60. The van der Waals surface area contributed by atoms with Gasteiger partial charge in [0.1, 0.15) is 5.82 Å². The number of imidazole rings is 1. The van der Waals surface area contributed by atoms with E-state index in [0.29, 0.717) is 0 Å². The first kappa shape index (κ1) is 12.8. The minimum Gasteiger partial charge on any atom is -0.341 e. The van der Waals surface area contributed by atoms with Gasteiger partial charge in [0, 0.05) is 23.9 Å². The molecule has 4 heteroatoms. The highest BCUT2D eigenvalue weighted by Gasteiger charge is 2.10. The van der Waals surface area contributed by atoms with E-state index in [2.05, 4.69) is 32.9 Å². The van der Waals surface area contributed by atoms with Crippen LogP contribution in [0.3, 0.4) is 0 Å². The van der Waals surface area contributed by atoms with Crippen molar-refractivity contribution in [3.8, 4) is 11.3 Å². The molecular weight excluding hydrogens is 248 g/mol. The topological polar surface area (TPSA) is 54.5 Å². The van der Waals surface area contributed by atoms with Crippen molar-refractivity contribution >= 4 is 11.2 Å². The Kier molecular flexibility index (Phi) is 3.46. The van der Waals surface area contributed by atoms with Crippen LogP contribution in [0.1, 0.15) is 31.3 Å². The zero-order valence-electron chi connectivity index (χ0n) is 11.8. The maximum Gasteiger partial charge on any atom is 0.177 e. The second-order valence-corrected chi connectivity index (χ2v) is 4.99. The van der Waals surface area contributed by atoms with E-state index in [0.717, 1.165) is 46.8 Å². The molecule has 20 heavy (non-hydrogen) atoms. The first-order valence-corrected chi connectivity index (χ1v) is 7.05. The summed E-state index contributed by atoms with van der Waals surface area (Å²) < 4.78 is 0. The van der Waals surface area contributed by atoms with E-state index in [1.165, 1.54) is 6.42 Å². The molecule has 1 N–H and O–H groups in total. The molecule has 0 fully saturated rings. The van der Waals surface area contributed by atoms with E-state index in [-0.39, 0.29) is 0 Å². The highest BCUT2D eigenvalue weighted by molar-refractivity contribution is 5.78. The Labute approximate surface area is 118 Å². The van der Waals surface area contributed by atoms with Crippen molar-refractivity contribution in [2.45, 2.75) is 33.1 Å². The van der Waals surface area contributed by atoms with E-state index < -0.39 is 0 Å². The average molecular weight is 266 g/mol. The summed E-state index contributed by atoms with van der Waals surface area (Å²) in [5.41, 5.74) is 4.76. The van der Waals surface area contributed by atoms with Gasteiger partial charge in [-0.1, -0.05) is 19.4 Å². The number of nitrogens with zero attached hydrogens (tertiary/aromatic N) is 3. The number of aromatic nitrogens is 4. The van der Waals surface area contributed by atoms with E-state index in [1.807, 2.05) is 25.1 Å². The summed E-state index contributed by atoms with van der Waals surface area (Å²) >= 11 is 0. The number of fused-ring (bicyclic) bond motifs is 1. The van der Waals surface area contributed by atoms with Gasteiger partial charge in [0.15, 0.2) is 5.65 Å². The Hall–Kier alpha value is -2.23. The molecule has 0 amide bonds. The van der Waals surface area contributed by atoms with Crippen LogP contribution in [0.2, 0.25) is 0 Å². The Morgan fingerprint density at radius 2 is 2.10 bits per heavy atom. The summed E-state index contributed by atoms with van der Waals surface area (Å²) in [6.07, 6.45) is 5.10. The molecule has 0 spiro atoms. The largest absolute Gasteiger partial charge is 0.341 e. The smallest absolute Gasteiger partial charge is 0.177 e. The van der Waals surface area contributed by atoms with Crippen molar-refractivity contribution in [3.05, 3.63) is 42.0 Å². The van der Waals surface area contributed by atoms with Crippen LogP contribution in [0, 0.1) is 6.92 Å². The summed E-state index contributed by atoms with van der Waals surface area (Å²) in [5, 5.41) is 0. The molecule has 3 rings (SSSR count). The van der Waals surface area contributed by atoms with Crippen LogP contribution in [0.4, 0.5) is 0 Å². The number of hydrogen-bond acceptors (Lipinski definition) is 3. The standard InChI is InChI=1S/C16H18N4/c1-3-4-8-15-19-14-10-12(11(2)18-16(14)20-15)13-7-5-6-9-17-13/h5-7,9-10H,3-4,8H2,1-2H3,(H,18,19,20). The lowest BCUT2D eigenvalue weighted by molar-refractivity contribution is 0.764. The zero-order valence-corrected chi connectivity index (χ0v) is 11.8. The first-order valence-electron chi connectivity index (χ1n) is 7.05. The van der Waals surface area contributed by atoms with Crippen LogP contribution in [0.5, 0.6) is 0 Å². The van der Waals surface area contributed by atoms with Gasteiger partial charge in [-0.2, -0.15) is 0 Å². The van der Waals surface area contributed by atoms with Crippen LogP contribution >= 0.6 is 0 Å².